The number of hydrogen-bond donors (Lipinski definition) is 1. The number of hydrogen-bond acceptors (Lipinski definition) is 1. The predicted molar refractivity (Wildman–Crippen MR) is 69.3 cm³/mol. The fourth-order valence-corrected chi connectivity index (χ4v) is 1.98. The number of benzene rings is 1. The summed E-state index contributed by atoms with van der Waals surface area (Å²) in [7, 11) is 0. The van der Waals surface area contributed by atoms with Gasteiger partial charge in [-0.25, -0.2) is 0 Å². The van der Waals surface area contributed by atoms with Crippen molar-refractivity contribution in [2.24, 2.45) is 11.7 Å². The molecule has 1 heterocycles. The van der Waals surface area contributed by atoms with Gasteiger partial charge in [0.1, 0.15) is 0 Å². The fraction of sp³-hybridized carbons (Fsp3) is 0.429. The van der Waals surface area contributed by atoms with Crippen molar-refractivity contribution in [2.45, 2.75) is 33.4 Å². The van der Waals surface area contributed by atoms with Crippen LogP contribution in [-0.2, 0) is 13.1 Å². The highest BCUT2D eigenvalue weighted by atomic mass is 15.0. The second kappa shape index (κ2) is 4.71. The van der Waals surface area contributed by atoms with Crippen LogP contribution >= 0.6 is 0 Å². The molecule has 2 rings (SSSR count). The Hall–Kier alpha value is -1.28. The van der Waals surface area contributed by atoms with Gasteiger partial charge in [0.05, 0.1) is 0 Å². The molecule has 86 valence electrons. The molecule has 2 heteroatoms. The minimum Gasteiger partial charge on any atom is -0.347 e. The van der Waals surface area contributed by atoms with Crippen molar-refractivity contribution in [1.82, 2.24) is 4.57 Å². The molecule has 0 aliphatic carbocycles. The molecule has 0 aliphatic heterocycles. The molecule has 0 radical (unpaired) electrons. The average Bonchev–Trinajstić information content (AvgIpc) is 2.71. The molecule has 1 aromatic heterocycles. The van der Waals surface area contributed by atoms with Gasteiger partial charge in [0, 0.05) is 24.8 Å². The Morgan fingerprint density at radius 3 is 2.81 bits per heavy atom. The molecule has 0 spiro atoms. The maximum Gasteiger partial charge on any atom is 0.0483 e. The molecule has 2 aromatic rings. The summed E-state index contributed by atoms with van der Waals surface area (Å²) in [5.41, 5.74) is 8.19. The first-order chi connectivity index (χ1) is 7.74. The Balaban J connectivity index is 2.38. The van der Waals surface area contributed by atoms with E-state index in [0.29, 0.717) is 6.54 Å². The molecule has 16 heavy (non-hydrogen) atoms. The van der Waals surface area contributed by atoms with Gasteiger partial charge in [0.15, 0.2) is 0 Å². The molecule has 0 fully saturated rings. The normalized spacial score (nSPS) is 13.2. The van der Waals surface area contributed by atoms with Gasteiger partial charge >= 0.3 is 0 Å². The van der Waals surface area contributed by atoms with Crippen molar-refractivity contribution in [2.75, 3.05) is 0 Å². The van der Waals surface area contributed by atoms with Crippen LogP contribution in [0.15, 0.2) is 30.5 Å². The van der Waals surface area contributed by atoms with E-state index in [1.807, 2.05) is 0 Å². The van der Waals surface area contributed by atoms with E-state index in [0.717, 1.165) is 12.5 Å². The summed E-state index contributed by atoms with van der Waals surface area (Å²) < 4.78 is 2.34. The fourth-order valence-electron chi connectivity index (χ4n) is 1.98. The van der Waals surface area contributed by atoms with E-state index >= 15 is 0 Å². The zero-order valence-corrected chi connectivity index (χ0v) is 10.1. The zero-order valence-electron chi connectivity index (χ0n) is 10.1. The van der Waals surface area contributed by atoms with Crippen LogP contribution in [0.25, 0.3) is 10.9 Å². The van der Waals surface area contributed by atoms with Crippen LogP contribution in [-0.4, -0.2) is 4.57 Å². The predicted octanol–water partition coefficient (Wildman–Crippen LogP) is 3.15. The Morgan fingerprint density at radius 1 is 1.31 bits per heavy atom. The third-order valence-electron chi connectivity index (χ3n) is 3.28. The maximum atomic E-state index is 5.68. The average molecular weight is 216 g/mol. The van der Waals surface area contributed by atoms with Gasteiger partial charge in [0.2, 0.25) is 0 Å². The highest BCUT2D eigenvalue weighted by Gasteiger charge is 2.05. The number of rotatable bonds is 4. The standard InChI is InChI=1S/C14H20N2/c1-3-11(2)10-16-7-6-13-5-4-12(9-15)8-14(13)16/h4-8,11H,3,9-10,15H2,1-2H3. The molecule has 0 aliphatic rings. The molecule has 1 unspecified atom stereocenters. The van der Waals surface area contributed by atoms with Crippen molar-refractivity contribution < 1.29 is 0 Å². The van der Waals surface area contributed by atoms with Gasteiger partial charge in [-0.2, -0.15) is 0 Å². The number of fused-ring (bicyclic) bond motifs is 1. The third-order valence-corrected chi connectivity index (χ3v) is 3.28. The minimum absolute atomic E-state index is 0.616. The topological polar surface area (TPSA) is 30.9 Å². The first-order valence-corrected chi connectivity index (χ1v) is 6.02. The van der Waals surface area contributed by atoms with E-state index in [2.05, 4.69) is 48.9 Å². The number of nitrogens with two attached hydrogens (primary N) is 1. The lowest BCUT2D eigenvalue weighted by molar-refractivity contribution is 0.477. The summed E-state index contributed by atoms with van der Waals surface area (Å²) in [6.07, 6.45) is 3.40. The molecule has 0 saturated carbocycles. The molecule has 0 amide bonds. The van der Waals surface area contributed by atoms with E-state index in [4.69, 9.17) is 5.73 Å². The Kier molecular flexibility index (Phi) is 3.30. The van der Waals surface area contributed by atoms with Gasteiger partial charge in [-0.1, -0.05) is 32.4 Å². The monoisotopic (exact) mass is 216 g/mol. The molecule has 0 bridgehead atoms. The summed E-state index contributed by atoms with van der Waals surface area (Å²) >= 11 is 0. The number of aromatic nitrogens is 1. The molecule has 1 aromatic carbocycles. The second-order valence-corrected chi connectivity index (χ2v) is 4.58. The lowest BCUT2D eigenvalue weighted by Gasteiger charge is -2.11. The first-order valence-electron chi connectivity index (χ1n) is 6.02. The second-order valence-electron chi connectivity index (χ2n) is 4.58. The van der Waals surface area contributed by atoms with Gasteiger partial charge in [-0.3, -0.25) is 0 Å². The van der Waals surface area contributed by atoms with E-state index in [1.165, 1.54) is 22.9 Å². The Bertz CT molecular complexity index is 471. The van der Waals surface area contributed by atoms with Gasteiger partial charge in [-0.05, 0) is 29.0 Å². The van der Waals surface area contributed by atoms with Crippen molar-refractivity contribution >= 4 is 10.9 Å². The highest BCUT2D eigenvalue weighted by Crippen LogP contribution is 2.19. The van der Waals surface area contributed by atoms with E-state index in [9.17, 15) is 0 Å². The minimum atomic E-state index is 0.616. The summed E-state index contributed by atoms with van der Waals surface area (Å²) in [5.74, 6) is 0.720. The molecule has 0 saturated heterocycles. The molecular weight excluding hydrogens is 196 g/mol. The summed E-state index contributed by atoms with van der Waals surface area (Å²) in [5, 5.41) is 1.31. The smallest absolute Gasteiger partial charge is 0.0483 e. The van der Waals surface area contributed by atoms with E-state index < -0.39 is 0 Å². The molecule has 2 N–H and O–H groups in total. The third kappa shape index (κ3) is 2.12. The number of nitrogens with zero attached hydrogens (tertiary/aromatic N) is 1. The van der Waals surface area contributed by atoms with Crippen molar-refractivity contribution in [3.63, 3.8) is 0 Å². The largest absolute Gasteiger partial charge is 0.347 e. The van der Waals surface area contributed by atoms with Gasteiger partial charge in [0.25, 0.3) is 0 Å². The highest BCUT2D eigenvalue weighted by molar-refractivity contribution is 5.80. The van der Waals surface area contributed by atoms with Crippen LogP contribution < -0.4 is 5.73 Å². The van der Waals surface area contributed by atoms with Crippen molar-refractivity contribution in [1.29, 1.82) is 0 Å². The summed E-state index contributed by atoms with van der Waals surface area (Å²) in [6.45, 7) is 6.23. The maximum absolute atomic E-state index is 5.68. The van der Waals surface area contributed by atoms with Crippen LogP contribution in [0.1, 0.15) is 25.8 Å². The van der Waals surface area contributed by atoms with Crippen molar-refractivity contribution in [3.05, 3.63) is 36.0 Å². The lowest BCUT2D eigenvalue weighted by atomic mass is 10.1. The molecular formula is C14H20N2. The van der Waals surface area contributed by atoms with Gasteiger partial charge in [-0.15, -0.1) is 0 Å². The van der Waals surface area contributed by atoms with E-state index in [1.54, 1.807) is 0 Å². The quantitative estimate of drug-likeness (QED) is 0.836. The first kappa shape index (κ1) is 11.2. The van der Waals surface area contributed by atoms with Crippen LogP contribution in [0.2, 0.25) is 0 Å². The molecule has 2 nitrogen and oxygen atoms in total. The Labute approximate surface area is 97.1 Å². The Morgan fingerprint density at radius 2 is 2.12 bits per heavy atom. The zero-order chi connectivity index (χ0) is 11.5. The van der Waals surface area contributed by atoms with Gasteiger partial charge < -0.3 is 10.3 Å². The summed E-state index contributed by atoms with van der Waals surface area (Å²) in [6, 6.07) is 8.65. The lowest BCUT2D eigenvalue weighted by Crippen LogP contribution is -2.05. The summed E-state index contributed by atoms with van der Waals surface area (Å²) in [4.78, 5) is 0. The van der Waals surface area contributed by atoms with Crippen LogP contribution in [0, 0.1) is 5.92 Å². The molecule has 1 atom stereocenters. The van der Waals surface area contributed by atoms with Crippen LogP contribution in [0.3, 0.4) is 0 Å². The van der Waals surface area contributed by atoms with E-state index in [-0.39, 0.29) is 0 Å². The van der Waals surface area contributed by atoms with Crippen LogP contribution in [0.5, 0.6) is 0 Å². The van der Waals surface area contributed by atoms with Crippen LogP contribution in [0.4, 0.5) is 0 Å². The van der Waals surface area contributed by atoms with Crippen molar-refractivity contribution in [3.8, 4) is 0 Å². The SMILES string of the molecule is CCC(C)Cn1ccc2ccc(CN)cc21.